The third kappa shape index (κ3) is 6.51. The van der Waals surface area contributed by atoms with Gasteiger partial charge in [-0.1, -0.05) is 48.9 Å². The van der Waals surface area contributed by atoms with Gasteiger partial charge in [-0.3, -0.25) is 14.5 Å². The standard InChI is InChI=1S/C31H28ClN3O5S/c1-4-20-10-12-24(13-11-20)35-30(37)26(34(31(35)41)18-28(36)38-3)15-21-14-25(32)29(27(16-21)39-5-2)40-19-23-9-7-6-8-22(23)17-33/h6-16H,4-5,18-19H2,1-3H3/b26-15-. The SMILES string of the molecule is CCOc1cc(/C=C2/C(=O)N(c3ccc(CC)cc3)C(=S)N2CC(=O)OC)cc(Cl)c1OCc1ccccc1C#N. The predicted molar refractivity (Wildman–Crippen MR) is 161 cm³/mol. The molecule has 0 saturated carbocycles. The van der Waals surface area contributed by atoms with Crippen LogP contribution in [0.3, 0.4) is 0 Å². The summed E-state index contributed by atoms with van der Waals surface area (Å²) in [7, 11) is 1.27. The Bertz CT molecular complexity index is 1550. The van der Waals surface area contributed by atoms with Crippen molar-refractivity contribution >= 4 is 52.6 Å². The largest absolute Gasteiger partial charge is 0.490 e. The number of methoxy groups -OCH3 is 1. The fraction of sp³-hybridized carbons (Fsp3) is 0.226. The van der Waals surface area contributed by atoms with E-state index in [-0.39, 0.29) is 29.0 Å². The highest BCUT2D eigenvalue weighted by atomic mass is 35.5. The van der Waals surface area contributed by atoms with E-state index < -0.39 is 11.9 Å². The van der Waals surface area contributed by atoms with Crippen molar-refractivity contribution in [3.05, 3.63) is 93.6 Å². The fourth-order valence-corrected chi connectivity index (χ4v) is 4.90. The number of aryl methyl sites for hydroxylation is 1. The van der Waals surface area contributed by atoms with Crippen molar-refractivity contribution in [2.75, 3.05) is 25.2 Å². The number of hydrogen-bond donors (Lipinski definition) is 0. The molecule has 1 amide bonds. The van der Waals surface area contributed by atoms with Crippen molar-refractivity contribution in [2.45, 2.75) is 26.9 Å². The minimum Gasteiger partial charge on any atom is -0.490 e. The zero-order valence-corrected chi connectivity index (χ0v) is 24.4. The molecule has 41 heavy (non-hydrogen) atoms. The Labute approximate surface area is 249 Å². The van der Waals surface area contributed by atoms with Crippen LogP contribution in [0, 0.1) is 11.3 Å². The van der Waals surface area contributed by atoms with Gasteiger partial charge in [0.2, 0.25) is 0 Å². The first-order valence-electron chi connectivity index (χ1n) is 12.9. The molecule has 3 aromatic carbocycles. The molecule has 1 heterocycles. The molecule has 0 spiro atoms. The number of carbonyl (C=O) groups excluding carboxylic acids is 2. The third-order valence-electron chi connectivity index (χ3n) is 6.40. The second-order valence-electron chi connectivity index (χ2n) is 8.96. The molecule has 210 valence electrons. The Morgan fingerprint density at radius 2 is 1.83 bits per heavy atom. The molecule has 1 saturated heterocycles. The lowest BCUT2D eigenvalue weighted by Crippen LogP contribution is -2.35. The smallest absolute Gasteiger partial charge is 0.325 e. The van der Waals surface area contributed by atoms with Crippen molar-refractivity contribution in [1.82, 2.24) is 4.90 Å². The van der Waals surface area contributed by atoms with Crippen molar-refractivity contribution in [3.63, 3.8) is 0 Å². The van der Waals surface area contributed by atoms with Crippen molar-refractivity contribution < 1.29 is 23.8 Å². The normalized spacial score (nSPS) is 13.9. The highest BCUT2D eigenvalue weighted by Gasteiger charge is 2.40. The van der Waals surface area contributed by atoms with Crippen molar-refractivity contribution in [2.24, 2.45) is 0 Å². The van der Waals surface area contributed by atoms with Crippen LogP contribution in [0.5, 0.6) is 11.5 Å². The second kappa shape index (κ2) is 13.3. The maximum atomic E-state index is 13.7. The molecule has 1 aliphatic rings. The Morgan fingerprint density at radius 1 is 1.10 bits per heavy atom. The molecule has 0 unspecified atom stereocenters. The topological polar surface area (TPSA) is 92.1 Å². The quantitative estimate of drug-likeness (QED) is 0.164. The Hall–Kier alpha value is -4.39. The van der Waals surface area contributed by atoms with Gasteiger partial charge in [0.25, 0.3) is 5.91 Å². The van der Waals surface area contributed by atoms with Crippen LogP contribution in [-0.4, -0.2) is 42.2 Å². The fourth-order valence-electron chi connectivity index (χ4n) is 4.27. The Morgan fingerprint density at radius 3 is 2.49 bits per heavy atom. The predicted octanol–water partition coefficient (Wildman–Crippen LogP) is 5.90. The molecule has 4 rings (SSSR count). The van der Waals surface area contributed by atoms with Crippen molar-refractivity contribution in [3.8, 4) is 17.6 Å². The van der Waals surface area contributed by atoms with Crippen LogP contribution in [0.2, 0.25) is 5.02 Å². The molecule has 3 aromatic rings. The summed E-state index contributed by atoms with van der Waals surface area (Å²) >= 11 is 12.3. The van der Waals surface area contributed by atoms with Crippen LogP contribution in [0.15, 0.2) is 66.4 Å². The summed E-state index contributed by atoms with van der Waals surface area (Å²) < 4.78 is 16.7. The average Bonchev–Trinajstić information content (AvgIpc) is 3.20. The van der Waals surface area contributed by atoms with Gasteiger partial charge in [-0.2, -0.15) is 5.26 Å². The third-order valence-corrected chi connectivity index (χ3v) is 7.08. The van der Waals surface area contributed by atoms with Crippen molar-refractivity contribution in [1.29, 1.82) is 5.26 Å². The van der Waals surface area contributed by atoms with Gasteiger partial charge in [-0.05, 0) is 73.1 Å². The Kier molecular flexibility index (Phi) is 9.61. The highest BCUT2D eigenvalue weighted by Crippen LogP contribution is 2.39. The molecule has 0 aliphatic carbocycles. The number of benzene rings is 3. The van der Waals surface area contributed by atoms with Gasteiger partial charge in [-0.15, -0.1) is 0 Å². The number of esters is 1. The van der Waals surface area contributed by atoms with E-state index in [9.17, 15) is 14.9 Å². The van der Waals surface area contributed by atoms with E-state index in [0.717, 1.165) is 12.0 Å². The molecule has 1 aliphatic heterocycles. The highest BCUT2D eigenvalue weighted by molar-refractivity contribution is 7.80. The number of nitrogens with zero attached hydrogens (tertiary/aromatic N) is 3. The van der Waals surface area contributed by atoms with Gasteiger partial charge in [0.1, 0.15) is 18.8 Å². The van der Waals surface area contributed by atoms with E-state index in [0.29, 0.717) is 40.5 Å². The van der Waals surface area contributed by atoms with Crippen LogP contribution in [0.25, 0.3) is 6.08 Å². The second-order valence-corrected chi connectivity index (χ2v) is 9.73. The van der Waals surface area contributed by atoms with Crippen LogP contribution >= 0.6 is 23.8 Å². The van der Waals surface area contributed by atoms with E-state index in [1.807, 2.05) is 44.2 Å². The van der Waals surface area contributed by atoms with Gasteiger partial charge in [0.15, 0.2) is 16.6 Å². The number of hydrogen-bond acceptors (Lipinski definition) is 7. The summed E-state index contributed by atoms with van der Waals surface area (Å²) in [4.78, 5) is 28.8. The molecular weight excluding hydrogens is 562 g/mol. The minimum absolute atomic E-state index is 0.107. The molecule has 1 fully saturated rings. The number of thiocarbonyl (C=S) groups is 1. The maximum absolute atomic E-state index is 13.7. The summed E-state index contributed by atoms with van der Waals surface area (Å²) in [5, 5.41) is 9.79. The van der Waals surface area contributed by atoms with Gasteiger partial charge in [0.05, 0.1) is 36.1 Å². The number of rotatable bonds is 10. The van der Waals surface area contributed by atoms with Gasteiger partial charge >= 0.3 is 5.97 Å². The number of carbonyl (C=O) groups is 2. The summed E-state index contributed by atoms with van der Waals surface area (Å²) in [6.07, 6.45) is 2.45. The molecule has 0 atom stereocenters. The summed E-state index contributed by atoms with van der Waals surface area (Å²) in [6, 6.07) is 20.1. The van der Waals surface area contributed by atoms with Gasteiger partial charge in [-0.25, -0.2) is 0 Å². The van der Waals surface area contributed by atoms with Gasteiger partial charge < -0.3 is 19.1 Å². The molecule has 0 bridgehead atoms. The van der Waals surface area contributed by atoms with Crippen LogP contribution in [0.4, 0.5) is 5.69 Å². The number of anilines is 1. The summed E-state index contributed by atoms with van der Waals surface area (Å²) in [5.41, 5.74) is 3.62. The summed E-state index contributed by atoms with van der Waals surface area (Å²) in [5.74, 6) is -0.282. The monoisotopic (exact) mass is 589 g/mol. The number of ether oxygens (including phenoxy) is 3. The molecule has 0 aromatic heterocycles. The van der Waals surface area contributed by atoms with Crippen LogP contribution in [0.1, 0.15) is 36.1 Å². The van der Waals surface area contributed by atoms with E-state index in [1.165, 1.54) is 16.9 Å². The first-order chi connectivity index (χ1) is 19.8. The average molecular weight is 590 g/mol. The van der Waals surface area contributed by atoms with Gasteiger partial charge in [0, 0.05) is 5.56 Å². The van der Waals surface area contributed by atoms with Crippen LogP contribution in [-0.2, 0) is 27.4 Å². The molecule has 0 N–H and O–H groups in total. The lowest BCUT2D eigenvalue weighted by molar-refractivity contribution is -0.140. The minimum atomic E-state index is -0.552. The number of nitriles is 1. The van der Waals surface area contributed by atoms with E-state index in [2.05, 4.69) is 6.07 Å². The lowest BCUT2D eigenvalue weighted by Gasteiger charge is -2.19. The number of amides is 1. The van der Waals surface area contributed by atoms with E-state index >= 15 is 0 Å². The molecule has 0 radical (unpaired) electrons. The molecule has 8 nitrogen and oxygen atoms in total. The maximum Gasteiger partial charge on any atom is 0.325 e. The Balaban J connectivity index is 1.71. The molecular formula is C31H28ClN3O5S. The van der Waals surface area contributed by atoms with Crippen LogP contribution < -0.4 is 14.4 Å². The summed E-state index contributed by atoms with van der Waals surface area (Å²) in [6.45, 7) is 4.06. The first-order valence-corrected chi connectivity index (χ1v) is 13.7. The lowest BCUT2D eigenvalue weighted by atomic mass is 10.1. The van der Waals surface area contributed by atoms with E-state index in [4.69, 9.17) is 38.0 Å². The molecule has 10 heteroatoms. The zero-order chi connectivity index (χ0) is 29.5. The zero-order valence-electron chi connectivity index (χ0n) is 22.8. The first kappa shape index (κ1) is 29.6. The number of halogens is 1. The van der Waals surface area contributed by atoms with E-state index in [1.54, 1.807) is 36.4 Å².